The molecule has 2 amide bonds. The van der Waals surface area contributed by atoms with Gasteiger partial charge in [-0.15, -0.1) is 0 Å². The van der Waals surface area contributed by atoms with Crippen molar-refractivity contribution in [1.29, 1.82) is 0 Å². The molecule has 1 saturated heterocycles. The molecule has 0 spiro atoms. The van der Waals surface area contributed by atoms with Gasteiger partial charge in [0.1, 0.15) is 19.0 Å². The summed E-state index contributed by atoms with van der Waals surface area (Å²) in [6.07, 6.45) is 0.445. The van der Waals surface area contributed by atoms with Crippen LogP contribution in [-0.4, -0.2) is 38.0 Å². The van der Waals surface area contributed by atoms with Gasteiger partial charge in [-0.1, -0.05) is 41.6 Å². The Labute approximate surface area is 167 Å². The third-order valence-electron chi connectivity index (χ3n) is 4.01. The molecule has 1 aliphatic rings. The lowest BCUT2D eigenvalue weighted by molar-refractivity contribution is -0.118. The number of nitrogens with one attached hydrogen (secondary N) is 1. The monoisotopic (exact) mass is 421 g/mol. The van der Waals surface area contributed by atoms with Gasteiger partial charge in [0, 0.05) is 0 Å². The minimum absolute atomic E-state index is 0.0693. The van der Waals surface area contributed by atoms with E-state index in [4.69, 9.17) is 8.92 Å². The Bertz CT molecular complexity index is 955. The number of aryl methyl sites for hydroxylation is 1. The molecule has 1 heterocycles. The van der Waals surface area contributed by atoms with Crippen molar-refractivity contribution in [2.45, 2.75) is 23.5 Å². The number of hydrogen-bond donors (Lipinski definition) is 1. The molecule has 148 valence electrons. The maximum atomic E-state index is 12.1. The Balaban J connectivity index is 1.45. The van der Waals surface area contributed by atoms with Gasteiger partial charge in [-0.25, -0.2) is 0 Å². The highest BCUT2D eigenvalue weighted by molar-refractivity contribution is 8.15. The first-order valence-electron chi connectivity index (χ1n) is 8.53. The average Bonchev–Trinajstić information content (AvgIpc) is 2.97. The van der Waals surface area contributed by atoms with Crippen LogP contribution < -0.4 is 10.1 Å². The summed E-state index contributed by atoms with van der Waals surface area (Å²) in [6, 6.07) is 13.5. The van der Waals surface area contributed by atoms with Crippen molar-refractivity contribution in [3.05, 3.63) is 59.7 Å². The van der Waals surface area contributed by atoms with Crippen LogP contribution in [-0.2, 0) is 25.5 Å². The topological polar surface area (TPSA) is 98.8 Å². The van der Waals surface area contributed by atoms with Crippen LogP contribution in [0.3, 0.4) is 0 Å². The van der Waals surface area contributed by atoms with Gasteiger partial charge in [0.15, 0.2) is 0 Å². The number of amides is 2. The Kier molecular flexibility index (Phi) is 6.38. The molecule has 2 aromatic carbocycles. The molecule has 0 radical (unpaired) electrons. The van der Waals surface area contributed by atoms with E-state index in [0.717, 1.165) is 22.9 Å². The summed E-state index contributed by atoms with van der Waals surface area (Å²) in [5.74, 6) is 0.280. The van der Waals surface area contributed by atoms with Crippen LogP contribution in [0.1, 0.15) is 11.1 Å². The molecule has 28 heavy (non-hydrogen) atoms. The molecule has 1 fully saturated rings. The standard InChI is InChI=1S/C19H19NO6S2/c1-13-2-8-16(9-3-13)28(23,24)26-11-10-25-15-6-4-14(5-7-15)12-17-18(21)20-19(22)27-17/h2-9,17H,10-12H2,1H3,(H,20,21,22). The second kappa shape index (κ2) is 8.76. The smallest absolute Gasteiger partial charge is 0.297 e. The summed E-state index contributed by atoms with van der Waals surface area (Å²) < 4.78 is 34.6. The molecule has 1 N–H and O–H groups in total. The number of thioether (sulfide) groups is 1. The molecule has 0 aromatic heterocycles. The molecule has 0 saturated carbocycles. The number of carbonyl (C=O) groups is 2. The van der Waals surface area contributed by atoms with Crippen LogP contribution in [0.5, 0.6) is 5.75 Å². The minimum Gasteiger partial charge on any atom is -0.491 e. The predicted octanol–water partition coefficient (Wildman–Crippen LogP) is 2.67. The van der Waals surface area contributed by atoms with E-state index in [2.05, 4.69) is 5.32 Å². The molecular weight excluding hydrogens is 402 g/mol. The number of hydrogen-bond acceptors (Lipinski definition) is 7. The molecule has 1 unspecified atom stereocenters. The lowest BCUT2D eigenvalue weighted by atomic mass is 10.1. The molecule has 0 aliphatic carbocycles. The summed E-state index contributed by atoms with van der Waals surface area (Å²) in [5.41, 5.74) is 1.86. The third kappa shape index (κ3) is 5.34. The van der Waals surface area contributed by atoms with Crippen molar-refractivity contribution in [1.82, 2.24) is 5.32 Å². The van der Waals surface area contributed by atoms with E-state index in [1.165, 1.54) is 12.1 Å². The Morgan fingerprint density at radius 3 is 2.29 bits per heavy atom. The van der Waals surface area contributed by atoms with Crippen molar-refractivity contribution in [2.75, 3.05) is 13.2 Å². The number of benzene rings is 2. The van der Waals surface area contributed by atoms with Crippen LogP contribution >= 0.6 is 11.8 Å². The largest absolute Gasteiger partial charge is 0.491 e. The van der Waals surface area contributed by atoms with Gasteiger partial charge in [0.2, 0.25) is 5.91 Å². The lowest BCUT2D eigenvalue weighted by Gasteiger charge is -2.09. The molecular formula is C19H19NO6S2. The van der Waals surface area contributed by atoms with Crippen molar-refractivity contribution in [3.8, 4) is 5.75 Å². The highest BCUT2D eigenvalue weighted by Gasteiger charge is 2.31. The Morgan fingerprint density at radius 2 is 1.68 bits per heavy atom. The fourth-order valence-electron chi connectivity index (χ4n) is 2.54. The van der Waals surface area contributed by atoms with E-state index in [1.54, 1.807) is 36.4 Å². The van der Waals surface area contributed by atoms with E-state index in [1.807, 2.05) is 6.92 Å². The van der Waals surface area contributed by atoms with Crippen molar-refractivity contribution < 1.29 is 26.9 Å². The second-order valence-corrected chi connectivity index (χ2v) is 8.96. The molecule has 0 bridgehead atoms. The Hall–Kier alpha value is -2.36. The van der Waals surface area contributed by atoms with E-state index in [-0.39, 0.29) is 29.3 Å². The van der Waals surface area contributed by atoms with E-state index < -0.39 is 15.4 Å². The van der Waals surface area contributed by atoms with Gasteiger partial charge in [-0.05, 0) is 43.2 Å². The van der Waals surface area contributed by atoms with Crippen LogP contribution in [0, 0.1) is 6.92 Å². The van der Waals surface area contributed by atoms with Crippen LogP contribution in [0.25, 0.3) is 0 Å². The predicted molar refractivity (Wildman–Crippen MR) is 105 cm³/mol. The Morgan fingerprint density at radius 1 is 1.00 bits per heavy atom. The summed E-state index contributed by atoms with van der Waals surface area (Å²) >= 11 is 0.986. The number of ether oxygens (including phenoxy) is 1. The van der Waals surface area contributed by atoms with Gasteiger partial charge < -0.3 is 4.74 Å². The summed E-state index contributed by atoms with van der Waals surface area (Å²) in [6.45, 7) is 1.83. The van der Waals surface area contributed by atoms with Gasteiger partial charge >= 0.3 is 0 Å². The maximum absolute atomic E-state index is 12.1. The fourth-order valence-corrected chi connectivity index (χ4v) is 4.29. The van der Waals surface area contributed by atoms with Gasteiger partial charge in [0.25, 0.3) is 15.4 Å². The molecule has 7 nitrogen and oxygen atoms in total. The number of rotatable bonds is 8. The number of imide groups is 1. The number of carbonyl (C=O) groups excluding carboxylic acids is 2. The van der Waals surface area contributed by atoms with Crippen LogP contribution in [0.4, 0.5) is 4.79 Å². The minimum atomic E-state index is -3.81. The summed E-state index contributed by atoms with van der Waals surface area (Å²) in [5, 5.41) is 1.52. The highest BCUT2D eigenvalue weighted by atomic mass is 32.2. The first kappa shape index (κ1) is 20.4. The fraction of sp³-hybridized carbons (Fsp3) is 0.263. The average molecular weight is 421 g/mol. The van der Waals surface area contributed by atoms with Gasteiger partial charge in [-0.3, -0.25) is 19.1 Å². The zero-order valence-corrected chi connectivity index (χ0v) is 16.7. The molecule has 1 aliphatic heterocycles. The molecule has 9 heteroatoms. The molecule has 1 atom stereocenters. The molecule has 2 aromatic rings. The quantitative estimate of drug-likeness (QED) is 0.517. The first-order valence-corrected chi connectivity index (χ1v) is 10.8. The van der Waals surface area contributed by atoms with E-state index in [0.29, 0.717) is 12.2 Å². The zero-order valence-electron chi connectivity index (χ0n) is 15.1. The molecule has 3 rings (SSSR count). The zero-order chi connectivity index (χ0) is 20.1. The van der Waals surface area contributed by atoms with Crippen LogP contribution in [0.15, 0.2) is 53.4 Å². The summed E-state index contributed by atoms with van der Waals surface area (Å²) in [4.78, 5) is 22.9. The second-order valence-electron chi connectivity index (χ2n) is 6.17. The maximum Gasteiger partial charge on any atom is 0.297 e. The SMILES string of the molecule is Cc1ccc(S(=O)(=O)OCCOc2ccc(CC3SC(=O)NC3=O)cc2)cc1. The van der Waals surface area contributed by atoms with Crippen molar-refractivity contribution in [3.63, 3.8) is 0 Å². The third-order valence-corrected chi connectivity index (χ3v) is 6.32. The van der Waals surface area contributed by atoms with Crippen molar-refractivity contribution >= 4 is 33.0 Å². The normalized spacial score (nSPS) is 16.8. The van der Waals surface area contributed by atoms with E-state index >= 15 is 0 Å². The van der Waals surface area contributed by atoms with Gasteiger partial charge in [-0.2, -0.15) is 8.42 Å². The summed E-state index contributed by atoms with van der Waals surface area (Å²) in [7, 11) is -3.81. The highest BCUT2D eigenvalue weighted by Crippen LogP contribution is 2.24. The van der Waals surface area contributed by atoms with E-state index in [9.17, 15) is 18.0 Å². The lowest BCUT2D eigenvalue weighted by Crippen LogP contribution is -2.25. The van der Waals surface area contributed by atoms with Crippen LogP contribution in [0.2, 0.25) is 0 Å². The first-order chi connectivity index (χ1) is 13.3. The van der Waals surface area contributed by atoms with Crippen molar-refractivity contribution in [2.24, 2.45) is 0 Å². The van der Waals surface area contributed by atoms with Gasteiger partial charge in [0.05, 0.1) is 10.1 Å².